The van der Waals surface area contributed by atoms with E-state index in [1.165, 1.54) is 6.26 Å². The molecule has 178 valence electrons. The van der Waals surface area contributed by atoms with Crippen molar-refractivity contribution < 1.29 is 53.7 Å². The number of rotatable bonds is 7. The van der Waals surface area contributed by atoms with Crippen molar-refractivity contribution in [3.05, 3.63) is 23.5 Å². The molecule has 4 N–H and O–H groups in total. The molecule has 32 heavy (non-hydrogen) atoms. The number of esters is 2. The molecule has 0 amide bonds. The maximum absolute atomic E-state index is 12.1. The molecule has 0 aromatic rings. The summed E-state index contributed by atoms with van der Waals surface area (Å²) in [6.45, 7) is 2.98. The molecule has 0 unspecified atom stereocenters. The molecule has 4 rings (SSSR count). The van der Waals surface area contributed by atoms with Crippen molar-refractivity contribution in [3.63, 3.8) is 0 Å². The van der Waals surface area contributed by atoms with Crippen LogP contribution in [0.2, 0.25) is 0 Å². The van der Waals surface area contributed by atoms with E-state index in [2.05, 4.69) is 0 Å². The Morgan fingerprint density at radius 3 is 2.59 bits per heavy atom. The van der Waals surface area contributed by atoms with Crippen LogP contribution in [0, 0.1) is 17.8 Å². The van der Waals surface area contributed by atoms with Crippen molar-refractivity contribution in [1.82, 2.24) is 0 Å². The largest absolute Gasteiger partial charge is 0.471 e. The molecule has 1 aliphatic carbocycles. The van der Waals surface area contributed by atoms with Gasteiger partial charge in [0, 0.05) is 5.92 Å². The van der Waals surface area contributed by atoms with E-state index < -0.39 is 67.5 Å². The Kier molecular flexibility index (Phi) is 6.57. The first kappa shape index (κ1) is 23.1. The number of aliphatic hydroxyl groups excluding tert-OH is 4. The van der Waals surface area contributed by atoms with Gasteiger partial charge in [-0.1, -0.05) is 13.8 Å². The molecule has 0 aromatic carbocycles. The molecule has 0 bridgehead atoms. The van der Waals surface area contributed by atoms with Gasteiger partial charge in [0.05, 0.1) is 30.3 Å². The molecule has 3 heterocycles. The topological polar surface area (TPSA) is 161 Å². The summed E-state index contributed by atoms with van der Waals surface area (Å²) in [5.41, 5.74) is 0.956. The third-order valence-corrected chi connectivity index (χ3v) is 6.52. The van der Waals surface area contributed by atoms with Crippen LogP contribution >= 0.6 is 0 Å². The minimum absolute atomic E-state index is 0.0520. The zero-order valence-electron chi connectivity index (χ0n) is 17.7. The van der Waals surface area contributed by atoms with Gasteiger partial charge in [0.15, 0.2) is 6.29 Å². The zero-order chi connectivity index (χ0) is 23.2. The molecular weight excluding hydrogens is 428 g/mol. The summed E-state index contributed by atoms with van der Waals surface area (Å²) in [6, 6.07) is 0. The number of hydrogen-bond donors (Lipinski definition) is 4. The highest BCUT2D eigenvalue weighted by atomic mass is 16.8. The number of aliphatic hydroxyl groups is 4. The Morgan fingerprint density at radius 2 is 1.91 bits per heavy atom. The van der Waals surface area contributed by atoms with Crippen molar-refractivity contribution in [2.75, 3.05) is 13.2 Å². The molecule has 2 fully saturated rings. The smallest absolute Gasteiger partial charge is 0.338 e. The average molecular weight is 456 g/mol. The number of ether oxygens (including phenoxy) is 5. The highest BCUT2D eigenvalue weighted by molar-refractivity contribution is 5.92. The molecule has 11 heteroatoms. The van der Waals surface area contributed by atoms with Crippen molar-refractivity contribution in [2.45, 2.75) is 63.4 Å². The molecule has 4 aliphatic rings. The van der Waals surface area contributed by atoms with Crippen molar-refractivity contribution in [2.24, 2.45) is 17.8 Å². The normalized spacial score (nSPS) is 41.2. The van der Waals surface area contributed by atoms with E-state index in [1.54, 1.807) is 13.0 Å². The summed E-state index contributed by atoms with van der Waals surface area (Å²) in [6.07, 6.45) is -5.39. The molecule has 0 saturated carbocycles. The Balaban J connectivity index is 1.53. The van der Waals surface area contributed by atoms with Gasteiger partial charge in [-0.15, -0.1) is 0 Å². The van der Waals surface area contributed by atoms with Gasteiger partial charge in [-0.05, 0) is 18.1 Å². The molecular formula is C21H28O11. The predicted octanol–water partition coefficient (Wildman–Crippen LogP) is -1.27. The second kappa shape index (κ2) is 9.08. The van der Waals surface area contributed by atoms with Crippen LogP contribution in [0.5, 0.6) is 0 Å². The van der Waals surface area contributed by atoms with Crippen molar-refractivity contribution >= 4 is 11.9 Å². The number of carbonyl (C=O) groups excluding carboxylic acids is 2. The number of carbonyl (C=O) groups is 2. The van der Waals surface area contributed by atoms with Gasteiger partial charge in [-0.25, -0.2) is 4.79 Å². The van der Waals surface area contributed by atoms with Crippen molar-refractivity contribution in [1.29, 1.82) is 0 Å². The lowest BCUT2D eigenvalue weighted by Crippen LogP contribution is -2.60. The van der Waals surface area contributed by atoms with Crippen LogP contribution in [0.4, 0.5) is 0 Å². The van der Waals surface area contributed by atoms with Crippen LogP contribution in [0.15, 0.2) is 23.5 Å². The van der Waals surface area contributed by atoms with Gasteiger partial charge >= 0.3 is 11.9 Å². The SMILES string of the molecule is CC[C@H](C)C(=O)OCC1=C[C@@H]2OC(=O)C3=CO[C@@H](O[C@@H]4O[C@H](CO)[C@@H](O)[C@H](O)[C@H]4O)[C@H]1[C@@H]32. The zero-order valence-corrected chi connectivity index (χ0v) is 17.7. The van der Waals surface area contributed by atoms with E-state index in [4.69, 9.17) is 23.7 Å². The summed E-state index contributed by atoms with van der Waals surface area (Å²) in [5, 5.41) is 39.7. The third-order valence-electron chi connectivity index (χ3n) is 6.52. The van der Waals surface area contributed by atoms with Crippen LogP contribution in [0.1, 0.15) is 20.3 Å². The third kappa shape index (κ3) is 3.93. The first-order chi connectivity index (χ1) is 15.3. The van der Waals surface area contributed by atoms with Crippen LogP contribution in [-0.2, 0) is 33.3 Å². The molecule has 10 atom stereocenters. The van der Waals surface area contributed by atoms with E-state index in [9.17, 15) is 30.0 Å². The molecule has 11 nitrogen and oxygen atoms in total. The average Bonchev–Trinajstić information content (AvgIpc) is 3.31. The molecule has 0 spiro atoms. The molecule has 0 aromatic heterocycles. The van der Waals surface area contributed by atoms with Crippen LogP contribution in [0.3, 0.4) is 0 Å². The molecule has 3 aliphatic heterocycles. The Morgan fingerprint density at radius 1 is 1.16 bits per heavy atom. The lowest BCUT2D eigenvalue weighted by atomic mass is 9.84. The van der Waals surface area contributed by atoms with Crippen LogP contribution in [-0.4, -0.2) is 88.7 Å². The lowest BCUT2D eigenvalue weighted by molar-refractivity contribution is -0.339. The summed E-state index contributed by atoms with van der Waals surface area (Å²) >= 11 is 0. The van der Waals surface area contributed by atoms with E-state index in [0.29, 0.717) is 17.6 Å². The molecule has 2 saturated heterocycles. The van der Waals surface area contributed by atoms with Gasteiger partial charge in [-0.3, -0.25) is 4.79 Å². The maximum Gasteiger partial charge on any atom is 0.338 e. The first-order valence-corrected chi connectivity index (χ1v) is 10.7. The van der Waals surface area contributed by atoms with Gasteiger partial charge in [0.25, 0.3) is 0 Å². The lowest BCUT2D eigenvalue weighted by Gasteiger charge is -2.42. The summed E-state index contributed by atoms with van der Waals surface area (Å²) in [5.74, 6) is -2.15. The second-order valence-corrected chi connectivity index (χ2v) is 8.49. The van der Waals surface area contributed by atoms with Crippen LogP contribution < -0.4 is 0 Å². The van der Waals surface area contributed by atoms with E-state index >= 15 is 0 Å². The highest BCUT2D eigenvalue weighted by Crippen LogP contribution is 2.49. The highest BCUT2D eigenvalue weighted by Gasteiger charge is 2.56. The fourth-order valence-electron chi connectivity index (χ4n) is 4.40. The fourth-order valence-corrected chi connectivity index (χ4v) is 4.40. The Hall–Kier alpha value is -2.02. The standard InChI is InChI=1S/C21H28O11/c1-3-8(2)18(26)28-6-9-4-11-14-10(19(27)30-11)7-29-20(13(9)14)32-21-17(25)16(24)15(23)12(5-22)31-21/h4,7-8,11-17,20-25H,3,5-6H2,1-2H3/t8-,11-,12+,13+,14-,15+,16-,17+,20-,21-/m0/s1. The number of hydrogen-bond acceptors (Lipinski definition) is 11. The molecule has 0 radical (unpaired) electrons. The van der Waals surface area contributed by atoms with Crippen LogP contribution in [0.25, 0.3) is 0 Å². The van der Waals surface area contributed by atoms with Crippen molar-refractivity contribution in [3.8, 4) is 0 Å². The van der Waals surface area contributed by atoms with E-state index in [-0.39, 0.29) is 18.5 Å². The Bertz CT molecular complexity index is 806. The van der Waals surface area contributed by atoms with Gasteiger partial charge in [0.1, 0.15) is 37.1 Å². The summed E-state index contributed by atoms with van der Waals surface area (Å²) in [7, 11) is 0. The first-order valence-electron chi connectivity index (χ1n) is 10.7. The second-order valence-electron chi connectivity index (χ2n) is 8.49. The van der Waals surface area contributed by atoms with E-state index in [0.717, 1.165) is 0 Å². The minimum atomic E-state index is -1.61. The summed E-state index contributed by atoms with van der Waals surface area (Å²) in [4.78, 5) is 24.3. The van der Waals surface area contributed by atoms with Gasteiger partial charge in [0.2, 0.25) is 6.29 Å². The van der Waals surface area contributed by atoms with Gasteiger partial charge in [-0.2, -0.15) is 0 Å². The minimum Gasteiger partial charge on any atom is -0.471 e. The Labute approximate surface area is 184 Å². The maximum atomic E-state index is 12.1. The monoisotopic (exact) mass is 456 g/mol. The predicted molar refractivity (Wildman–Crippen MR) is 103 cm³/mol. The summed E-state index contributed by atoms with van der Waals surface area (Å²) < 4.78 is 27.6. The quantitative estimate of drug-likeness (QED) is 0.267. The fraction of sp³-hybridized carbons (Fsp3) is 0.714. The van der Waals surface area contributed by atoms with Gasteiger partial charge < -0.3 is 44.1 Å². The van der Waals surface area contributed by atoms with E-state index in [1.807, 2.05) is 6.92 Å².